The van der Waals surface area contributed by atoms with Crippen molar-refractivity contribution in [2.45, 2.75) is 32.2 Å². The molecule has 0 spiro atoms. The average molecular weight is 678 g/mol. The van der Waals surface area contributed by atoms with Crippen molar-refractivity contribution in [2.75, 3.05) is 19.5 Å². The fraction of sp³-hybridized carbons (Fsp3) is 0.226. The zero-order chi connectivity index (χ0) is 35.8. The van der Waals surface area contributed by atoms with Gasteiger partial charge >= 0.3 is 36.0 Å². The number of benzene rings is 3. The number of hydrogen-bond acceptors (Lipinski definition) is 12. The Balaban J connectivity index is 2.01. The predicted octanol–water partition coefficient (Wildman–Crippen LogP) is 4.05. The molecule has 17 heteroatoms. The van der Waals surface area contributed by atoms with Gasteiger partial charge in [0, 0.05) is 19.5 Å². The maximum Gasteiger partial charge on any atom is 0.416 e. The molecule has 3 aromatic rings. The summed E-state index contributed by atoms with van der Waals surface area (Å²) in [6.45, 7) is 2.21. The van der Waals surface area contributed by atoms with Crippen LogP contribution in [0.4, 0.5) is 18.9 Å². The molecule has 0 heterocycles. The van der Waals surface area contributed by atoms with Gasteiger partial charge in [0.2, 0.25) is 12.2 Å². The monoisotopic (exact) mass is 677 g/mol. The van der Waals surface area contributed by atoms with Crippen LogP contribution in [0.15, 0.2) is 60.7 Å². The molecule has 0 aliphatic rings. The normalized spacial score (nSPS) is 12.1. The van der Waals surface area contributed by atoms with Crippen LogP contribution >= 0.6 is 0 Å². The van der Waals surface area contributed by atoms with E-state index in [1.807, 2.05) is 5.32 Å². The highest BCUT2D eigenvalue weighted by Gasteiger charge is 2.41. The molecule has 0 aliphatic heterocycles. The highest BCUT2D eigenvalue weighted by Crippen LogP contribution is 2.32. The first-order chi connectivity index (χ1) is 22.5. The molecule has 1 amide bonds. The number of ether oxygens (including phenoxy) is 6. The first kappa shape index (κ1) is 36.3. The third kappa shape index (κ3) is 9.44. The van der Waals surface area contributed by atoms with E-state index >= 15 is 0 Å². The molecule has 0 unspecified atom stereocenters. The van der Waals surface area contributed by atoms with E-state index in [-0.39, 0.29) is 34.1 Å². The quantitative estimate of drug-likeness (QED) is 0.206. The van der Waals surface area contributed by atoms with Crippen molar-refractivity contribution in [3.05, 3.63) is 77.4 Å². The van der Waals surface area contributed by atoms with Gasteiger partial charge < -0.3 is 38.8 Å². The summed E-state index contributed by atoms with van der Waals surface area (Å²) < 4.78 is 70.1. The predicted molar refractivity (Wildman–Crippen MR) is 155 cm³/mol. The van der Waals surface area contributed by atoms with Crippen LogP contribution in [0.5, 0.6) is 23.0 Å². The highest BCUT2D eigenvalue weighted by molar-refractivity contribution is 6.01. The number of hydrogen-bond donors (Lipinski definition) is 2. The van der Waals surface area contributed by atoms with Crippen molar-refractivity contribution in [1.29, 1.82) is 0 Å². The molecule has 2 N–H and O–H groups in total. The molecule has 0 aliphatic carbocycles. The summed E-state index contributed by atoms with van der Waals surface area (Å²) in [5.74, 6) is -8.16. The number of aliphatic carboxylic acids is 1. The summed E-state index contributed by atoms with van der Waals surface area (Å²) in [5, 5.41) is 12.0. The van der Waals surface area contributed by atoms with Crippen LogP contribution in [0.1, 0.15) is 40.1 Å². The number of carboxylic acid groups (broad SMARTS) is 1. The smallest absolute Gasteiger partial charge is 0.416 e. The molecule has 14 nitrogen and oxygen atoms in total. The number of esters is 4. The summed E-state index contributed by atoms with van der Waals surface area (Å²) in [7, 11) is 2.36. The van der Waals surface area contributed by atoms with Gasteiger partial charge in [-0.05, 0) is 54.6 Å². The van der Waals surface area contributed by atoms with Gasteiger partial charge in [0.05, 0.1) is 30.9 Å². The number of carbonyl (C=O) groups is 6. The average Bonchev–Trinajstić information content (AvgIpc) is 3.01. The van der Waals surface area contributed by atoms with Crippen LogP contribution in [0.2, 0.25) is 0 Å². The van der Waals surface area contributed by atoms with Crippen molar-refractivity contribution in [1.82, 2.24) is 0 Å². The molecule has 0 saturated carbocycles. The van der Waals surface area contributed by atoms with Crippen LogP contribution in [0.3, 0.4) is 0 Å². The zero-order valence-corrected chi connectivity index (χ0v) is 25.4. The molecule has 0 aromatic heterocycles. The molecule has 0 fully saturated rings. The molecule has 0 bridgehead atoms. The van der Waals surface area contributed by atoms with Gasteiger partial charge in [-0.25, -0.2) is 14.4 Å². The molecule has 48 heavy (non-hydrogen) atoms. The van der Waals surface area contributed by atoms with E-state index in [1.165, 1.54) is 14.2 Å². The number of carbonyl (C=O) groups excluding carboxylic acids is 5. The fourth-order valence-electron chi connectivity index (χ4n) is 3.92. The van der Waals surface area contributed by atoms with Crippen LogP contribution in [0.25, 0.3) is 0 Å². The molecular weight excluding hydrogens is 651 g/mol. The lowest BCUT2D eigenvalue weighted by Gasteiger charge is -2.24. The van der Waals surface area contributed by atoms with E-state index in [9.17, 15) is 47.0 Å². The van der Waals surface area contributed by atoms with Crippen molar-refractivity contribution in [3.8, 4) is 23.0 Å². The maximum atomic E-state index is 13.4. The molecule has 3 aromatic carbocycles. The van der Waals surface area contributed by atoms with Gasteiger partial charge in [-0.3, -0.25) is 14.4 Å². The second-order valence-corrected chi connectivity index (χ2v) is 9.48. The third-order valence-corrected chi connectivity index (χ3v) is 6.01. The minimum absolute atomic E-state index is 0.0984. The second kappa shape index (κ2) is 15.4. The lowest BCUT2D eigenvalue weighted by Crippen LogP contribution is -2.48. The van der Waals surface area contributed by atoms with Gasteiger partial charge in [-0.15, -0.1) is 0 Å². The van der Waals surface area contributed by atoms with Crippen LogP contribution in [-0.4, -0.2) is 67.3 Å². The minimum Gasteiger partial charge on any atom is -0.493 e. The SMILES string of the molecule is COc1cc(C(=O)O[C@H](C(=O)Nc2cccc(C(F)(F)F)c2)[C@@H](OC(=O)c2ccc(OC(C)=O)c(OC)c2)C(=O)O)ccc1OC(C)=O. The Bertz CT molecular complexity index is 1740. The Morgan fingerprint density at radius 2 is 1.17 bits per heavy atom. The van der Waals surface area contributed by atoms with E-state index in [4.69, 9.17) is 28.4 Å². The molecule has 0 saturated heterocycles. The summed E-state index contributed by atoms with van der Waals surface area (Å²) >= 11 is 0. The zero-order valence-electron chi connectivity index (χ0n) is 25.4. The molecule has 2 atom stereocenters. The Morgan fingerprint density at radius 1 is 0.688 bits per heavy atom. The third-order valence-electron chi connectivity index (χ3n) is 6.01. The number of nitrogens with one attached hydrogen (secondary N) is 1. The molecule has 0 radical (unpaired) electrons. The summed E-state index contributed by atoms with van der Waals surface area (Å²) in [4.78, 5) is 74.7. The first-order valence-electron chi connectivity index (χ1n) is 13.4. The fourth-order valence-corrected chi connectivity index (χ4v) is 3.92. The Hall–Kier alpha value is -6.13. The van der Waals surface area contributed by atoms with E-state index < -0.39 is 65.4 Å². The van der Waals surface area contributed by atoms with E-state index in [0.29, 0.717) is 12.1 Å². The van der Waals surface area contributed by atoms with Crippen molar-refractivity contribution < 1.29 is 75.5 Å². The maximum absolute atomic E-state index is 13.4. The van der Waals surface area contributed by atoms with Crippen LogP contribution in [-0.2, 0) is 34.8 Å². The van der Waals surface area contributed by atoms with Gasteiger partial charge in [-0.1, -0.05) is 6.07 Å². The number of rotatable bonds is 12. The summed E-state index contributed by atoms with van der Waals surface area (Å²) in [5.41, 5.74) is -2.35. The van der Waals surface area contributed by atoms with Gasteiger partial charge in [0.1, 0.15) is 0 Å². The highest BCUT2D eigenvalue weighted by atomic mass is 19.4. The number of methoxy groups -OCH3 is 2. The summed E-state index contributed by atoms with van der Waals surface area (Å²) in [6, 6.07) is 9.72. The Kier molecular flexibility index (Phi) is 11.7. The van der Waals surface area contributed by atoms with Crippen molar-refractivity contribution in [2.24, 2.45) is 0 Å². The number of anilines is 1. The van der Waals surface area contributed by atoms with E-state index in [0.717, 1.165) is 62.4 Å². The summed E-state index contributed by atoms with van der Waals surface area (Å²) in [6.07, 6.45) is -9.89. The standard InChI is InChI=1S/C31H26F3NO13/c1-15(36)45-21-10-8-17(12-23(21)43-3)29(41)47-25(27(38)35-20-7-5-6-19(14-20)31(32,33)34)26(28(39)40)48-30(42)18-9-11-22(46-16(2)37)24(13-18)44-4/h5-14,25-26H,1-4H3,(H,35,38)(H,39,40)/t25-,26+/m0/s1. The van der Waals surface area contributed by atoms with E-state index in [1.54, 1.807) is 0 Å². The van der Waals surface area contributed by atoms with Gasteiger partial charge in [-0.2, -0.15) is 13.2 Å². The lowest BCUT2D eigenvalue weighted by molar-refractivity contribution is -0.157. The molecular formula is C31H26F3NO13. The topological polar surface area (TPSA) is 190 Å². The number of amides is 1. The number of alkyl halides is 3. The van der Waals surface area contributed by atoms with E-state index in [2.05, 4.69) is 0 Å². The Morgan fingerprint density at radius 3 is 1.58 bits per heavy atom. The molecule has 254 valence electrons. The Labute approximate surface area is 269 Å². The first-order valence-corrected chi connectivity index (χ1v) is 13.4. The molecule has 3 rings (SSSR count). The number of carboxylic acids is 1. The largest absolute Gasteiger partial charge is 0.493 e. The number of halogens is 3. The van der Waals surface area contributed by atoms with Gasteiger partial charge in [0.15, 0.2) is 23.0 Å². The van der Waals surface area contributed by atoms with Crippen molar-refractivity contribution in [3.63, 3.8) is 0 Å². The van der Waals surface area contributed by atoms with Crippen molar-refractivity contribution >= 4 is 41.4 Å². The lowest BCUT2D eigenvalue weighted by atomic mass is 10.1. The van der Waals surface area contributed by atoms with Gasteiger partial charge in [0.25, 0.3) is 5.91 Å². The minimum atomic E-state index is -4.81. The second-order valence-electron chi connectivity index (χ2n) is 9.48. The van der Waals surface area contributed by atoms with Crippen LogP contribution in [0, 0.1) is 0 Å². The van der Waals surface area contributed by atoms with Crippen LogP contribution < -0.4 is 24.3 Å².